The van der Waals surface area contributed by atoms with Crippen LogP contribution in [0, 0.1) is 0 Å². The topological polar surface area (TPSA) is 29.1 Å². The van der Waals surface area contributed by atoms with E-state index < -0.39 is 0 Å². The highest BCUT2D eigenvalue weighted by Crippen LogP contribution is 1.99. The van der Waals surface area contributed by atoms with Crippen LogP contribution in [0.1, 0.15) is 6.92 Å². The Hall–Kier alpha value is -0.630. The summed E-state index contributed by atoms with van der Waals surface area (Å²) in [6, 6.07) is 0.384. The molecule has 44 valence electrons. The Morgan fingerprint density at radius 3 is 3.00 bits per heavy atom. The maximum Gasteiger partial charge on any atom is 0.147 e. The van der Waals surface area contributed by atoms with E-state index in [0.717, 1.165) is 18.4 Å². The standard InChI is InChI=1S/C6H9NO/c1-5-2-6(4-8)3-7-5/h2,4-5,7H,3H2,1H3/t5-/m1/s1. The molecule has 8 heavy (non-hydrogen) atoms. The molecule has 0 saturated carbocycles. The highest BCUT2D eigenvalue weighted by Gasteiger charge is 2.07. The van der Waals surface area contributed by atoms with Crippen molar-refractivity contribution in [3.05, 3.63) is 11.6 Å². The van der Waals surface area contributed by atoms with E-state index in [4.69, 9.17) is 0 Å². The molecule has 2 heteroatoms. The van der Waals surface area contributed by atoms with Gasteiger partial charge in [0.15, 0.2) is 0 Å². The molecule has 1 aliphatic rings. The molecule has 0 aliphatic carbocycles. The van der Waals surface area contributed by atoms with Crippen molar-refractivity contribution in [2.45, 2.75) is 13.0 Å². The lowest BCUT2D eigenvalue weighted by Crippen LogP contribution is -2.18. The van der Waals surface area contributed by atoms with Crippen LogP contribution >= 0.6 is 0 Å². The molecular formula is C6H9NO. The average molecular weight is 111 g/mol. The lowest BCUT2D eigenvalue weighted by Gasteiger charge is -1.94. The first-order valence-electron chi connectivity index (χ1n) is 2.72. The van der Waals surface area contributed by atoms with Crippen molar-refractivity contribution in [3.8, 4) is 0 Å². The fourth-order valence-corrected chi connectivity index (χ4v) is 0.799. The summed E-state index contributed by atoms with van der Waals surface area (Å²) in [7, 11) is 0. The minimum atomic E-state index is 0.384. The fraction of sp³-hybridized carbons (Fsp3) is 0.500. The van der Waals surface area contributed by atoms with Gasteiger partial charge in [-0.1, -0.05) is 6.08 Å². The third kappa shape index (κ3) is 0.954. The van der Waals surface area contributed by atoms with Gasteiger partial charge in [-0.2, -0.15) is 0 Å². The smallest absolute Gasteiger partial charge is 0.147 e. The predicted octanol–water partition coefficient (Wildman–Crippen LogP) is 0.103. The molecule has 1 aliphatic heterocycles. The molecular weight excluding hydrogens is 102 g/mol. The monoisotopic (exact) mass is 111 g/mol. The molecule has 0 bridgehead atoms. The second kappa shape index (κ2) is 2.09. The van der Waals surface area contributed by atoms with Crippen LogP contribution < -0.4 is 5.32 Å². The van der Waals surface area contributed by atoms with Crippen LogP contribution in [0.15, 0.2) is 11.6 Å². The van der Waals surface area contributed by atoms with Crippen LogP contribution in [0.5, 0.6) is 0 Å². The third-order valence-corrected chi connectivity index (χ3v) is 1.24. The summed E-state index contributed by atoms with van der Waals surface area (Å²) in [4.78, 5) is 10.0. The molecule has 1 N–H and O–H groups in total. The number of carbonyl (C=O) groups excluding carboxylic acids is 1. The van der Waals surface area contributed by atoms with E-state index in [9.17, 15) is 4.79 Å². The molecule has 0 aromatic heterocycles. The SMILES string of the molecule is C[C@@H]1C=C(C=O)CN1. The molecule has 0 spiro atoms. The normalized spacial score (nSPS) is 27.6. The van der Waals surface area contributed by atoms with Gasteiger partial charge in [-0.25, -0.2) is 0 Å². The van der Waals surface area contributed by atoms with E-state index >= 15 is 0 Å². The lowest BCUT2D eigenvalue weighted by atomic mass is 10.3. The molecule has 0 fully saturated rings. The first kappa shape index (κ1) is 5.51. The first-order chi connectivity index (χ1) is 3.83. The molecule has 1 rings (SSSR count). The lowest BCUT2D eigenvalue weighted by molar-refractivity contribution is -0.104. The van der Waals surface area contributed by atoms with Gasteiger partial charge in [-0.3, -0.25) is 4.79 Å². The number of aldehydes is 1. The summed E-state index contributed by atoms with van der Waals surface area (Å²) < 4.78 is 0. The predicted molar refractivity (Wildman–Crippen MR) is 31.6 cm³/mol. The molecule has 0 unspecified atom stereocenters. The largest absolute Gasteiger partial charge is 0.307 e. The zero-order chi connectivity index (χ0) is 5.98. The van der Waals surface area contributed by atoms with Gasteiger partial charge in [0.1, 0.15) is 6.29 Å². The molecule has 0 aromatic rings. The summed E-state index contributed by atoms with van der Waals surface area (Å²) in [6.45, 7) is 2.77. The quantitative estimate of drug-likeness (QED) is 0.486. The minimum Gasteiger partial charge on any atom is -0.307 e. The van der Waals surface area contributed by atoms with Crippen molar-refractivity contribution in [2.75, 3.05) is 6.54 Å². The summed E-state index contributed by atoms with van der Waals surface area (Å²) in [5.74, 6) is 0. The zero-order valence-corrected chi connectivity index (χ0v) is 4.85. The van der Waals surface area contributed by atoms with Crippen LogP contribution in [0.4, 0.5) is 0 Å². The van der Waals surface area contributed by atoms with Gasteiger partial charge in [0.2, 0.25) is 0 Å². The van der Waals surface area contributed by atoms with E-state index in [1.807, 2.05) is 13.0 Å². The van der Waals surface area contributed by atoms with Crippen LogP contribution in [0.25, 0.3) is 0 Å². The minimum absolute atomic E-state index is 0.384. The van der Waals surface area contributed by atoms with Crippen LogP contribution in [0.3, 0.4) is 0 Å². The van der Waals surface area contributed by atoms with E-state index in [1.54, 1.807) is 0 Å². The van der Waals surface area contributed by atoms with E-state index in [-0.39, 0.29) is 0 Å². The highest BCUT2D eigenvalue weighted by atomic mass is 16.1. The number of hydrogen-bond acceptors (Lipinski definition) is 2. The number of hydrogen-bond donors (Lipinski definition) is 1. The van der Waals surface area contributed by atoms with E-state index in [1.165, 1.54) is 0 Å². The summed E-state index contributed by atoms with van der Waals surface area (Å²) in [6.07, 6.45) is 2.84. The van der Waals surface area contributed by atoms with Gasteiger partial charge in [-0.05, 0) is 6.92 Å². The Morgan fingerprint density at radius 2 is 2.75 bits per heavy atom. The zero-order valence-electron chi connectivity index (χ0n) is 4.85. The van der Waals surface area contributed by atoms with Crippen LogP contribution in [-0.4, -0.2) is 18.9 Å². The molecule has 0 radical (unpaired) electrons. The summed E-state index contributed by atoms with van der Waals surface area (Å²) >= 11 is 0. The van der Waals surface area contributed by atoms with Crippen molar-refractivity contribution in [3.63, 3.8) is 0 Å². The maximum absolute atomic E-state index is 10.0. The third-order valence-electron chi connectivity index (χ3n) is 1.24. The van der Waals surface area contributed by atoms with Crippen molar-refractivity contribution >= 4 is 6.29 Å². The Morgan fingerprint density at radius 1 is 2.00 bits per heavy atom. The second-order valence-corrected chi connectivity index (χ2v) is 2.03. The van der Waals surface area contributed by atoms with Gasteiger partial charge < -0.3 is 5.32 Å². The molecule has 1 atom stereocenters. The second-order valence-electron chi connectivity index (χ2n) is 2.03. The van der Waals surface area contributed by atoms with Crippen molar-refractivity contribution < 1.29 is 4.79 Å². The molecule has 0 aromatic carbocycles. The number of nitrogens with one attached hydrogen (secondary N) is 1. The Labute approximate surface area is 48.6 Å². The Bertz CT molecular complexity index is 128. The summed E-state index contributed by atoms with van der Waals surface area (Å²) in [5.41, 5.74) is 0.873. The van der Waals surface area contributed by atoms with Gasteiger partial charge >= 0.3 is 0 Å². The maximum atomic E-state index is 10.0. The number of carbonyl (C=O) groups is 1. The molecule has 2 nitrogen and oxygen atoms in total. The van der Waals surface area contributed by atoms with Crippen molar-refractivity contribution in [1.29, 1.82) is 0 Å². The summed E-state index contributed by atoms with van der Waals surface area (Å²) in [5, 5.41) is 3.10. The molecule has 0 saturated heterocycles. The van der Waals surface area contributed by atoms with Crippen molar-refractivity contribution in [2.24, 2.45) is 0 Å². The Balaban J connectivity index is 2.56. The van der Waals surface area contributed by atoms with Crippen LogP contribution in [0.2, 0.25) is 0 Å². The first-order valence-corrected chi connectivity index (χ1v) is 2.72. The molecule has 0 amide bonds. The average Bonchev–Trinajstić information content (AvgIpc) is 2.14. The van der Waals surface area contributed by atoms with Crippen LogP contribution in [-0.2, 0) is 4.79 Å². The van der Waals surface area contributed by atoms with E-state index in [0.29, 0.717) is 6.04 Å². The highest BCUT2D eigenvalue weighted by molar-refractivity contribution is 5.74. The van der Waals surface area contributed by atoms with Gasteiger partial charge in [0.25, 0.3) is 0 Å². The van der Waals surface area contributed by atoms with Gasteiger partial charge in [0, 0.05) is 18.2 Å². The number of rotatable bonds is 1. The van der Waals surface area contributed by atoms with Gasteiger partial charge in [0.05, 0.1) is 0 Å². The van der Waals surface area contributed by atoms with E-state index in [2.05, 4.69) is 5.32 Å². The molecule has 1 heterocycles. The van der Waals surface area contributed by atoms with Crippen molar-refractivity contribution in [1.82, 2.24) is 5.32 Å². The van der Waals surface area contributed by atoms with Gasteiger partial charge in [-0.15, -0.1) is 0 Å². The fourth-order valence-electron chi connectivity index (χ4n) is 0.799. The Kier molecular flexibility index (Phi) is 1.44.